The molecule has 0 aliphatic carbocycles. The topological polar surface area (TPSA) is 75.7 Å². The highest BCUT2D eigenvalue weighted by Crippen LogP contribution is 2.33. The third kappa shape index (κ3) is 6.28. The van der Waals surface area contributed by atoms with Gasteiger partial charge in [-0.1, -0.05) is 24.3 Å². The first-order chi connectivity index (χ1) is 16.0. The van der Waals surface area contributed by atoms with Crippen molar-refractivity contribution >= 4 is 27.3 Å². The molecule has 34 heavy (non-hydrogen) atoms. The first-order valence-corrected chi connectivity index (χ1v) is 11.7. The van der Waals surface area contributed by atoms with Crippen LogP contribution in [0.25, 0.3) is 0 Å². The molecule has 0 bridgehead atoms. The standard InChI is InChI=1S/C24H23F3N2O4S/c1-17(2)33-21-13-11-19(12-14-21)28-23(30)16-29(34(31,32)22-9-4-3-5-10-22)20-8-6-7-18(15-20)24(25,26)27/h3-15,17H,16H2,1-2H3,(H,28,30). The Balaban J connectivity index is 1.91. The van der Waals surface area contributed by atoms with Gasteiger partial charge in [0, 0.05) is 5.69 Å². The first-order valence-electron chi connectivity index (χ1n) is 10.3. The van der Waals surface area contributed by atoms with Crippen molar-refractivity contribution in [2.24, 2.45) is 0 Å². The van der Waals surface area contributed by atoms with E-state index in [-0.39, 0.29) is 16.7 Å². The fraction of sp³-hybridized carbons (Fsp3) is 0.208. The minimum Gasteiger partial charge on any atom is -0.491 e. The molecule has 0 atom stereocenters. The van der Waals surface area contributed by atoms with Gasteiger partial charge in [-0.25, -0.2) is 8.42 Å². The Kier molecular flexibility index (Phi) is 7.51. The second-order valence-electron chi connectivity index (χ2n) is 7.61. The summed E-state index contributed by atoms with van der Waals surface area (Å²) in [6.45, 7) is 3.00. The average Bonchev–Trinajstić information content (AvgIpc) is 2.78. The third-order valence-corrected chi connectivity index (χ3v) is 6.38. The lowest BCUT2D eigenvalue weighted by Crippen LogP contribution is -2.38. The number of hydrogen-bond donors (Lipinski definition) is 1. The normalized spacial score (nSPS) is 11.8. The molecule has 0 saturated carbocycles. The van der Waals surface area contributed by atoms with Crippen molar-refractivity contribution < 1.29 is 31.1 Å². The lowest BCUT2D eigenvalue weighted by Gasteiger charge is -2.25. The maximum atomic E-state index is 13.3. The molecular weight excluding hydrogens is 469 g/mol. The number of anilines is 2. The predicted octanol–water partition coefficient (Wildman–Crippen LogP) is 5.33. The number of carbonyl (C=O) groups excluding carboxylic acids is 1. The molecule has 0 aliphatic heterocycles. The number of carbonyl (C=O) groups is 1. The van der Waals surface area contributed by atoms with Gasteiger partial charge in [0.2, 0.25) is 5.91 Å². The molecule has 3 aromatic rings. The van der Waals surface area contributed by atoms with Gasteiger partial charge < -0.3 is 10.1 Å². The average molecular weight is 493 g/mol. The largest absolute Gasteiger partial charge is 0.491 e. The van der Waals surface area contributed by atoms with Crippen LogP contribution in [0.4, 0.5) is 24.5 Å². The Morgan fingerprint density at radius 2 is 1.62 bits per heavy atom. The fourth-order valence-electron chi connectivity index (χ4n) is 3.09. The van der Waals surface area contributed by atoms with E-state index in [1.807, 2.05) is 13.8 Å². The molecule has 0 unspecified atom stereocenters. The van der Waals surface area contributed by atoms with Gasteiger partial charge in [0.05, 0.1) is 22.3 Å². The van der Waals surface area contributed by atoms with Gasteiger partial charge in [-0.15, -0.1) is 0 Å². The van der Waals surface area contributed by atoms with Gasteiger partial charge in [0.15, 0.2) is 0 Å². The Bertz CT molecular complexity index is 1230. The number of sulfonamides is 1. The smallest absolute Gasteiger partial charge is 0.416 e. The third-order valence-electron chi connectivity index (χ3n) is 4.59. The van der Waals surface area contributed by atoms with Crippen LogP contribution in [0, 0.1) is 0 Å². The maximum Gasteiger partial charge on any atom is 0.416 e. The van der Waals surface area contributed by atoms with E-state index in [1.54, 1.807) is 30.3 Å². The number of rotatable bonds is 8. The highest BCUT2D eigenvalue weighted by molar-refractivity contribution is 7.92. The monoisotopic (exact) mass is 492 g/mol. The van der Waals surface area contributed by atoms with E-state index in [2.05, 4.69) is 5.32 Å². The summed E-state index contributed by atoms with van der Waals surface area (Å²) in [4.78, 5) is 12.6. The van der Waals surface area contributed by atoms with Crippen LogP contribution in [0.5, 0.6) is 5.75 Å². The molecule has 10 heteroatoms. The van der Waals surface area contributed by atoms with E-state index in [1.165, 1.54) is 30.3 Å². The highest BCUT2D eigenvalue weighted by Gasteiger charge is 2.33. The number of amides is 1. The van der Waals surface area contributed by atoms with Gasteiger partial charge in [-0.2, -0.15) is 13.2 Å². The van der Waals surface area contributed by atoms with E-state index in [4.69, 9.17) is 4.74 Å². The quantitative estimate of drug-likeness (QED) is 0.462. The van der Waals surface area contributed by atoms with Crippen LogP contribution in [0.3, 0.4) is 0 Å². The fourth-order valence-corrected chi connectivity index (χ4v) is 4.53. The summed E-state index contributed by atoms with van der Waals surface area (Å²) in [7, 11) is -4.34. The van der Waals surface area contributed by atoms with Crippen molar-refractivity contribution in [1.29, 1.82) is 0 Å². The molecule has 1 N–H and O–H groups in total. The number of hydrogen-bond acceptors (Lipinski definition) is 4. The van der Waals surface area contributed by atoms with Gasteiger partial charge in [0.25, 0.3) is 10.0 Å². The van der Waals surface area contributed by atoms with Crippen molar-refractivity contribution in [3.8, 4) is 5.75 Å². The summed E-state index contributed by atoms with van der Waals surface area (Å²) in [5, 5.41) is 2.57. The maximum absolute atomic E-state index is 13.3. The Morgan fingerprint density at radius 1 is 0.971 bits per heavy atom. The molecule has 0 aromatic heterocycles. The zero-order valence-electron chi connectivity index (χ0n) is 18.4. The van der Waals surface area contributed by atoms with Crippen LogP contribution in [-0.4, -0.2) is 27.0 Å². The lowest BCUT2D eigenvalue weighted by atomic mass is 10.2. The summed E-state index contributed by atoms with van der Waals surface area (Å²) < 4.78 is 72.5. The van der Waals surface area contributed by atoms with E-state index >= 15 is 0 Å². The van der Waals surface area contributed by atoms with Crippen LogP contribution in [0.1, 0.15) is 19.4 Å². The van der Waals surface area contributed by atoms with Crippen molar-refractivity contribution in [3.63, 3.8) is 0 Å². The molecule has 0 heterocycles. The lowest BCUT2D eigenvalue weighted by molar-refractivity contribution is -0.137. The van der Waals surface area contributed by atoms with E-state index < -0.39 is 34.2 Å². The second-order valence-corrected chi connectivity index (χ2v) is 9.47. The summed E-state index contributed by atoms with van der Waals surface area (Å²) in [5.41, 5.74) is -0.934. The molecule has 0 fully saturated rings. The zero-order chi connectivity index (χ0) is 24.9. The first kappa shape index (κ1) is 25.1. The number of nitrogens with one attached hydrogen (secondary N) is 1. The summed E-state index contributed by atoms with van der Waals surface area (Å²) in [5.74, 6) is -0.139. The molecular formula is C24H23F3N2O4S. The molecule has 0 radical (unpaired) electrons. The molecule has 180 valence electrons. The van der Waals surface area contributed by atoms with Crippen molar-refractivity contribution in [1.82, 2.24) is 0 Å². The van der Waals surface area contributed by atoms with Crippen LogP contribution >= 0.6 is 0 Å². The van der Waals surface area contributed by atoms with E-state index in [0.29, 0.717) is 21.8 Å². The molecule has 6 nitrogen and oxygen atoms in total. The minimum atomic E-state index is -4.68. The van der Waals surface area contributed by atoms with E-state index in [0.717, 1.165) is 12.1 Å². The Hall–Kier alpha value is -3.53. The van der Waals surface area contributed by atoms with Crippen LogP contribution in [0.2, 0.25) is 0 Å². The molecule has 0 spiro atoms. The molecule has 0 aliphatic rings. The number of ether oxygens (including phenoxy) is 1. The molecule has 0 saturated heterocycles. The molecule has 3 aromatic carbocycles. The molecule has 3 rings (SSSR count). The SMILES string of the molecule is CC(C)Oc1ccc(NC(=O)CN(c2cccc(C(F)(F)F)c2)S(=O)(=O)c2ccccc2)cc1. The number of nitrogens with zero attached hydrogens (tertiary/aromatic N) is 1. The zero-order valence-corrected chi connectivity index (χ0v) is 19.2. The highest BCUT2D eigenvalue weighted by atomic mass is 32.2. The van der Waals surface area contributed by atoms with Gasteiger partial charge in [-0.3, -0.25) is 9.10 Å². The van der Waals surface area contributed by atoms with Crippen LogP contribution < -0.4 is 14.4 Å². The molecule has 1 amide bonds. The number of alkyl halides is 3. The summed E-state index contributed by atoms with van der Waals surface area (Å²) in [6, 6.07) is 17.5. The van der Waals surface area contributed by atoms with Crippen molar-refractivity contribution in [2.45, 2.75) is 31.0 Å². The van der Waals surface area contributed by atoms with Crippen molar-refractivity contribution in [3.05, 3.63) is 84.4 Å². The minimum absolute atomic E-state index is 0.0374. The second kappa shape index (κ2) is 10.2. The Labute approximate surface area is 196 Å². The predicted molar refractivity (Wildman–Crippen MR) is 123 cm³/mol. The number of benzene rings is 3. The van der Waals surface area contributed by atoms with Crippen LogP contribution in [-0.2, 0) is 21.0 Å². The van der Waals surface area contributed by atoms with E-state index in [9.17, 15) is 26.4 Å². The summed E-state index contributed by atoms with van der Waals surface area (Å²) in [6.07, 6.45) is -4.72. The van der Waals surface area contributed by atoms with Gasteiger partial charge in [0.1, 0.15) is 12.3 Å². The van der Waals surface area contributed by atoms with Crippen LogP contribution in [0.15, 0.2) is 83.8 Å². The van der Waals surface area contributed by atoms with Gasteiger partial charge in [-0.05, 0) is 68.4 Å². The van der Waals surface area contributed by atoms with Gasteiger partial charge >= 0.3 is 6.18 Å². The number of halogens is 3. The Morgan fingerprint density at radius 3 is 2.21 bits per heavy atom. The summed E-state index contributed by atoms with van der Waals surface area (Å²) >= 11 is 0. The van der Waals surface area contributed by atoms with Crippen molar-refractivity contribution in [2.75, 3.05) is 16.2 Å².